The molecule has 1 aromatic carbocycles. The monoisotopic (exact) mass is 325 g/mol. The van der Waals surface area contributed by atoms with Gasteiger partial charge >= 0.3 is 0 Å². The van der Waals surface area contributed by atoms with E-state index in [1.54, 1.807) is 37.3 Å². The quantitative estimate of drug-likeness (QED) is 0.709. The topological polar surface area (TPSA) is 96.0 Å². The number of anilines is 3. The standard InChI is InChI=1S/C17H19N5O2/c1-4-8-18-16(24)15-9-11(2)19-17(22-15)21-14-7-5-6-13(10-14)20-12(3)23/h4-7,9-10H,1,8H2,2-3H3,(H,18,24)(H,20,23)(H,19,21,22). The highest BCUT2D eigenvalue weighted by molar-refractivity contribution is 5.93. The molecule has 7 heteroatoms. The van der Waals surface area contributed by atoms with E-state index < -0.39 is 0 Å². The maximum Gasteiger partial charge on any atom is 0.270 e. The third kappa shape index (κ3) is 4.91. The molecule has 0 fully saturated rings. The Morgan fingerprint density at radius 1 is 1.21 bits per heavy atom. The third-order valence-corrected chi connectivity index (χ3v) is 2.93. The van der Waals surface area contributed by atoms with Gasteiger partial charge in [-0.25, -0.2) is 9.97 Å². The summed E-state index contributed by atoms with van der Waals surface area (Å²) in [5.41, 5.74) is 2.28. The fourth-order valence-corrected chi connectivity index (χ4v) is 2.00. The van der Waals surface area contributed by atoms with Crippen molar-refractivity contribution in [1.82, 2.24) is 15.3 Å². The van der Waals surface area contributed by atoms with Crippen molar-refractivity contribution in [3.8, 4) is 0 Å². The number of nitrogens with zero attached hydrogens (tertiary/aromatic N) is 2. The van der Waals surface area contributed by atoms with Crippen molar-refractivity contribution in [1.29, 1.82) is 0 Å². The second-order valence-corrected chi connectivity index (χ2v) is 5.10. The number of hydrogen-bond donors (Lipinski definition) is 3. The van der Waals surface area contributed by atoms with Crippen LogP contribution >= 0.6 is 0 Å². The van der Waals surface area contributed by atoms with Gasteiger partial charge in [-0.05, 0) is 31.2 Å². The molecule has 24 heavy (non-hydrogen) atoms. The highest BCUT2D eigenvalue weighted by atomic mass is 16.2. The Morgan fingerprint density at radius 3 is 2.67 bits per heavy atom. The molecule has 0 spiro atoms. The molecule has 0 bridgehead atoms. The van der Waals surface area contributed by atoms with E-state index >= 15 is 0 Å². The molecule has 2 aromatic rings. The van der Waals surface area contributed by atoms with Gasteiger partial charge in [0, 0.05) is 30.5 Å². The van der Waals surface area contributed by atoms with E-state index in [1.807, 2.05) is 6.07 Å². The minimum atomic E-state index is -0.296. The SMILES string of the molecule is C=CCNC(=O)c1cc(C)nc(Nc2cccc(NC(C)=O)c2)n1. The van der Waals surface area contributed by atoms with Gasteiger partial charge in [-0.1, -0.05) is 12.1 Å². The summed E-state index contributed by atoms with van der Waals surface area (Å²) in [5, 5.41) is 8.41. The van der Waals surface area contributed by atoms with Crippen molar-refractivity contribution >= 4 is 29.1 Å². The Kier molecular flexibility index (Phi) is 5.62. The van der Waals surface area contributed by atoms with Crippen LogP contribution in [0, 0.1) is 6.92 Å². The molecule has 1 aromatic heterocycles. The number of rotatable bonds is 6. The lowest BCUT2D eigenvalue weighted by Gasteiger charge is -2.09. The number of carbonyl (C=O) groups is 2. The summed E-state index contributed by atoms with van der Waals surface area (Å²) in [6.07, 6.45) is 1.60. The molecule has 0 saturated carbocycles. The molecular formula is C17H19N5O2. The smallest absolute Gasteiger partial charge is 0.270 e. The predicted molar refractivity (Wildman–Crippen MR) is 93.3 cm³/mol. The van der Waals surface area contributed by atoms with Crippen molar-refractivity contribution in [2.45, 2.75) is 13.8 Å². The summed E-state index contributed by atoms with van der Waals surface area (Å²) >= 11 is 0. The lowest BCUT2D eigenvalue weighted by atomic mass is 10.2. The Labute approximate surface area is 140 Å². The van der Waals surface area contributed by atoms with Crippen LogP contribution in [0.4, 0.5) is 17.3 Å². The van der Waals surface area contributed by atoms with Crippen LogP contribution in [0.25, 0.3) is 0 Å². The van der Waals surface area contributed by atoms with Crippen LogP contribution in [-0.2, 0) is 4.79 Å². The van der Waals surface area contributed by atoms with Gasteiger partial charge in [-0.2, -0.15) is 0 Å². The van der Waals surface area contributed by atoms with Crippen molar-refractivity contribution in [3.05, 3.63) is 54.4 Å². The van der Waals surface area contributed by atoms with E-state index in [9.17, 15) is 9.59 Å². The van der Waals surface area contributed by atoms with Crippen LogP contribution in [-0.4, -0.2) is 28.3 Å². The van der Waals surface area contributed by atoms with Crippen molar-refractivity contribution in [2.75, 3.05) is 17.2 Å². The molecule has 0 aliphatic carbocycles. The van der Waals surface area contributed by atoms with E-state index in [2.05, 4.69) is 32.5 Å². The van der Waals surface area contributed by atoms with Gasteiger partial charge in [-0.15, -0.1) is 6.58 Å². The number of carbonyl (C=O) groups excluding carboxylic acids is 2. The molecule has 0 atom stereocenters. The number of hydrogen-bond acceptors (Lipinski definition) is 5. The Hall–Kier alpha value is -3.22. The molecule has 0 unspecified atom stereocenters. The van der Waals surface area contributed by atoms with E-state index in [-0.39, 0.29) is 17.5 Å². The van der Waals surface area contributed by atoms with E-state index in [0.29, 0.717) is 29.6 Å². The molecule has 1 heterocycles. The van der Waals surface area contributed by atoms with Crippen LogP contribution in [0.2, 0.25) is 0 Å². The van der Waals surface area contributed by atoms with Gasteiger partial charge in [0.15, 0.2) is 0 Å². The molecule has 0 saturated heterocycles. The summed E-state index contributed by atoms with van der Waals surface area (Å²) in [7, 11) is 0. The second kappa shape index (κ2) is 7.87. The first-order valence-corrected chi connectivity index (χ1v) is 7.37. The predicted octanol–water partition coefficient (Wildman–Crippen LogP) is 2.40. The van der Waals surface area contributed by atoms with Gasteiger partial charge < -0.3 is 16.0 Å². The molecule has 0 aliphatic rings. The van der Waals surface area contributed by atoms with Crippen LogP contribution in [0.1, 0.15) is 23.1 Å². The lowest BCUT2D eigenvalue weighted by Crippen LogP contribution is -2.24. The van der Waals surface area contributed by atoms with Crippen molar-refractivity contribution in [2.24, 2.45) is 0 Å². The fraction of sp³-hybridized carbons (Fsp3) is 0.176. The number of benzene rings is 1. The molecule has 0 aliphatic heterocycles. The summed E-state index contributed by atoms with van der Waals surface area (Å²) in [6, 6.07) is 8.75. The maximum atomic E-state index is 12.0. The Bertz CT molecular complexity index is 773. The van der Waals surface area contributed by atoms with E-state index in [4.69, 9.17) is 0 Å². The zero-order valence-corrected chi connectivity index (χ0v) is 13.6. The first-order chi connectivity index (χ1) is 11.5. The number of aryl methyl sites for hydroxylation is 1. The number of nitrogens with one attached hydrogen (secondary N) is 3. The minimum absolute atomic E-state index is 0.153. The Morgan fingerprint density at radius 2 is 1.96 bits per heavy atom. The van der Waals surface area contributed by atoms with Gasteiger partial charge in [-0.3, -0.25) is 9.59 Å². The molecule has 3 N–H and O–H groups in total. The second-order valence-electron chi connectivity index (χ2n) is 5.10. The minimum Gasteiger partial charge on any atom is -0.347 e. The van der Waals surface area contributed by atoms with Crippen LogP contribution < -0.4 is 16.0 Å². The fourth-order valence-electron chi connectivity index (χ4n) is 2.00. The number of amides is 2. The average Bonchev–Trinajstić information content (AvgIpc) is 2.51. The molecule has 124 valence electrons. The molecular weight excluding hydrogens is 306 g/mol. The van der Waals surface area contributed by atoms with E-state index in [0.717, 1.165) is 0 Å². The van der Waals surface area contributed by atoms with Crippen LogP contribution in [0.3, 0.4) is 0 Å². The average molecular weight is 325 g/mol. The largest absolute Gasteiger partial charge is 0.347 e. The van der Waals surface area contributed by atoms with Gasteiger partial charge in [0.05, 0.1) is 0 Å². The first-order valence-electron chi connectivity index (χ1n) is 7.37. The highest BCUT2D eigenvalue weighted by Crippen LogP contribution is 2.18. The maximum absolute atomic E-state index is 12.0. The summed E-state index contributed by atoms with van der Waals surface area (Å²) < 4.78 is 0. The van der Waals surface area contributed by atoms with Gasteiger partial charge in [0.2, 0.25) is 11.9 Å². The molecule has 0 radical (unpaired) electrons. The zero-order chi connectivity index (χ0) is 17.5. The van der Waals surface area contributed by atoms with Crippen molar-refractivity contribution in [3.63, 3.8) is 0 Å². The zero-order valence-electron chi connectivity index (χ0n) is 13.6. The van der Waals surface area contributed by atoms with E-state index in [1.165, 1.54) is 6.92 Å². The summed E-state index contributed by atoms with van der Waals surface area (Å²) in [4.78, 5) is 31.6. The van der Waals surface area contributed by atoms with Gasteiger partial charge in [0.25, 0.3) is 5.91 Å². The van der Waals surface area contributed by atoms with Gasteiger partial charge in [0.1, 0.15) is 5.69 Å². The first kappa shape index (κ1) is 17.1. The molecule has 7 nitrogen and oxygen atoms in total. The Balaban J connectivity index is 2.20. The summed E-state index contributed by atoms with van der Waals surface area (Å²) in [6.45, 7) is 7.15. The van der Waals surface area contributed by atoms with Crippen LogP contribution in [0.5, 0.6) is 0 Å². The molecule has 2 rings (SSSR count). The normalized spacial score (nSPS) is 9.92. The lowest BCUT2D eigenvalue weighted by molar-refractivity contribution is -0.114. The summed E-state index contributed by atoms with van der Waals surface area (Å²) in [5.74, 6) is -0.144. The highest BCUT2D eigenvalue weighted by Gasteiger charge is 2.10. The third-order valence-electron chi connectivity index (χ3n) is 2.93. The molecule has 2 amide bonds. The number of aromatic nitrogens is 2. The van der Waals surface area contributed by atoms with Crippen molar-refractivity contribution < 1.29 is 9.59 Å². The van der Waals surface area contributed by atoms with Crippen LogP contribution in [0.15, 0.2) is 43.0 Å².